The molecule has 3 aromatic carbocycles. The fourth-order valence-corrected chi connectivity index (χ4v) is 3.25. The minimum absolute atomic E-state index is 0.135. The number of Topliss-reactive ketones (excluding diaryl/α,β-unsaturated/α-hetero) is 1. The van der Waals surface area contributed by atoms with Crippen LogP contribution in [0.2, 0.25) is 0 Å². The summed E-state index contributed by atoms with van der Waals surface area (Å²) in [5, 5.41) is 6.43. The molecule has 1 aliphatic heterocycles. The van der Waals surface area contributed by atoms with Crippen molar-refractivity contribution in [2.45, 2.75) is 19.4 Å². The average Bonchev–Trinajstić information content (AvgIpc) is 3.31. The van der Waals surface area contributed by atoms with Gasteiger partial charge >= 0.3 is 0 Å². The van der Waals surface area contributed by atoms with Gasteiger partial charge in [0, 0.05) is 24.2 Å². The van der Waals surface area contributed by atoms with Gasteiger partial charge in [-0.3, -0.25) is 9.79 Å². The molecule has 4 rings (SSSR count). The molecule has 0 saturated carbocycles. The summed E-state index contributed by atoms with van der Waals surface area (Å²) in [4.78, 5) is 16.8. The summed E-state index contributed by atoms with van der Waals surface area (Å²) in [5.41, 5.74) is 3.96. The van der Waals surface area contributed by atoms with Crippen LogP contribution in [0.1, 0.15) is 27.9 Å². The van der Waals surface area contributed by atoms with E-state index in [2.05, 4.69) is 15.6 Å². The van der Waals surface area contributed by atoms with E-state index in [1.165, 1.54) is 0 Å². The predicted octanol–water partition coefficient (Wildman–Crippen LogP) is 4.45. The first-order valence-corrected chi connectivity index (χ1v) is 10.2. The van der Waals surface area contributed by atoms with Crippen LogP contribution >= 0.6 is 0 Å². The van der Waals surface area contributed by atoms with Gasteiger partial charge in [0.25, 0.3) is 0 Å². The quantitative estimate of drug-likeness (QED) is 0.549. The lowest BCUT2D eigenvalue weighted by Gasteiger charge is -2.08. The summed E-state index contributed by atoms with van der Waals surface area (Å²) in [7, 11) is 0. The van der Waals surface area contributed by atoms with Crippen LogP contribution in [0.15, 0.2) is 83.9 Å². The van der Waals surface area contributed by atoms with Crippen molar-refractivity contribution in [1.29, 1.82) is 0 Å². The number of nitrogens with zero attached hydrogens (tertiary/aromatic N) is 1. The van der Waals surface area contributed by atoms with E-state index in [9.17, 15) is 4.79 Å². The number of nitrogens with one attached hydrogen (secondary N) is 2. The van der Waals surface area contributed by atoms with E-state index in [-0.39, 0.29) is 5.78 Å². The highest BCUT2D eigenvalue weighted by molar-refractivity contribution is 5.96. The maximum atomic E-state index is 12.5. The van der Waals surface area contributed by atoms with Crippen molar-refractivity contribution in [1.82, 2.24) is 5.32 Å². The van der Waals surface area contributed by atoms with Crippen molar-refractivity contribution in [3.05, 3.63) is 95.6 Å². The molecule has 0 amide bonds. The summed E-state index contributed by atoms with van der Waals surface area (Å²) >= 11 is 0. The van der Waals surface area contributed by atoms with E-state index in [0.29, 0.717) is 25.0 Å². The summed E-state index contributed by atoms with van der Waals surface area (Å²) < 4.78 is 5.78. The van der Waals surface area contributed by atoms with E-state index in [1.807, 2.05) is 78.9 Å². The molecule has 1 heterocycles. The number of hydrogen-bond donors (Lipinski definition) is 2. The Balaban J connectivity index is 1.25. The number of ether oxygens (including phenoxy) is 1. The van der Waals surface area contributed by atoms with Gasteiger partial charge in [0.2, 0.25) is 0 Å². The fourth-order valence-electron chi connectivity index (χ4n) is 3.25. The molecule has 0 fully saturated rings. The van der Waals surface area contributed by atoms with Crippen LogP contribution in [-0.4, -0.2) is 24.8 Å². The number of aryl methyl sites for hydroxylation is 1. The van der Waals surface area contributed by atoms with Crippen LogP contribution in [-0.2, 0) is 13.0 Å². The number of benzene rings is 3. The van der Waals surface area contributed by atoms with Crippen LogP contribution < -0.4 is 15.4 Å². The highest BCUT2D eigenvalue weighted by Gasteiger charge is 2.08. The van der Waals surface area contributed by atoms with Crippen LogP contribution in [0.4, 0.5) is 5.69 Å². The first kappa shape index (κ1) is 19.7. The number of guanidine groups is 1. The van der Waals surface area contributed by atoms with Gasteiger partial charge in [0.15, 0.2) is 11.7 Å². The molecule has 5 nitrogen and oxygen atoms in total. The summed E-state index contributed by atoms with van der Waals surface area (Å²) in [6.45, 7) is 2.20. The van der Waals surface area contributed by atoms with Crippen molar-refractivity contribution < 1.29 is 9.53 Å². The van der Waals surface area contributed by atoms with Gasteiger partial charge < -0.3 is 15.4 Å². The standard InChI is InChI=1S/C25H25N3O2/c29-24(15-8-19-6-11-22(12-7-19)28-25-26-16-17-27-25)21-9-13-23(14-10-21)30-18-20-4-2-1-3-5-20/h1-7,9-14H,8,15-18H2,(H2,26,27,28). The van der Waals surface area contributed by atoms with E-state index in [0.717, 1.165) is 41.6 Å². The van der Waals surface area contributed by atoms with Gasteiger partial charge in [0.1, 0.15) is 12.4 Å². The Hall–Kier alpha value is -3.60. The van der Waals surface area contributed by atoms with E-state index >= 15 is 0 Å². The number of ketones is 1. The van der Waals surface area contributed by atoms with Crippen molar-refractivity contribution in [3.8, 4) is 5.75 Å². The zero-order chi connectivity index (χ0) is 20.6. The molecule has 0 unspecified atom stereocenters. The minimum Gasteiger partial charge on any atom is -0.489 e. The van der Waals surface area contributed by atoms with Gasteiger partial charge in [-0.1, -0.05) is 42.5 Å². The minimum atomic E-state index is 0.135. The Kier molecular flexibility index (Phi) is 6.40. The van der Waals surface area contributed by atoms with Crippen LogP contribution in [0, 0.1) is 0 Å². The molecule has 0 radical (unpaired) electrons. The highest BCUT2D eigenvalue weighted by Crippen LogP contribution is 2.17. The van der Waals surface area contributed by atoms with Gasteiger partial charge in [0.05, 0.1) is 6.54 Å². The molecule has 0 saturated heterocycles. The molecule has 0 bridgehead atoms. The summed E-state index contributed by atoms with van der Waals surface area (Å²) in [6, 6.07) is 25.5. The second-order valence-electron chi connectivity index (χ2n) is 7.20. The van der Waals surface area contributed by atoms with Crippen LogP contribution in [0.5, 0.6) is 5.75 Å². The van der Waals surface area contributed by atoms with Gasteiger partial charge in [-0.15, -0.1) is 0 Å². The molecule has 2 N–H and O–H groups in total. The summed E-state index contributed by atoms with van der Waals surface area (Å²) in [6.07, 6.45) is 1.19. The lowest BCUT2D eigenvalue weighted by Crippen LogP contribution is -2.26. The number of aliphatic imine (C=N–C) groups is 1. The Morgan fingerprint density at radius 1 is 0.933 bits per heavy atom. The SMILES string of the molecule is O=C(CCc1ccc(NC2=NCCN2)cc1)c1ccc(OCc2ccccc2)cc1. The van der Waals surface area contributed by atoms with E-state index in [4.69, 9.17) is 4.74 Å². The maximum Gasteiger partial charge on any atom is 0.195 e. The highest BCUT2D eigenvalue weighted by atomic mass is 16.5. The first-order valence-electron chi connectivity index (χ1n) is 10.2. The largest absolute Gasteiger partial charge is 0.489 e. The second-order valence-corrected chi connectivity index (χ2v) is 7.20. The van der Waals surface area contributed by atoms with Crippen LogP contribution in [0.25, 0.3) is 0 Å². The Bertz CT molecular complexity index is 997. The third-order valence-corrected chi connectivity index (χ3v) is 4.96. The lowest BCUT2D eigenvalue weighted by molar-refractivity contribution is 0.0983. The monoisotopic (exact) mass is 399 g/mol. The molecule has 0 atom stereocenters. The maximum absolute atomic E-state index is 12.5. The average molecular weight is 399 g/mol. The molecule has 0 aliphatic carbocycles. The second kappa shape index (κ2) is 9.74. The third-order valence-electron chi connectivity index (χ3n) is 4.96. The number of anilines is 1. The Labute approximate surface area is 176 Å². The lowest BCUT2D eigenvalue weighted by atomic mass is 10.0. The van der Waals surface area contributed by atoms with Crippen molar-refractivity contribution >= 4 is 17.4 Å². The van der Waals surface area contributed by atoms with Gasteiger partial charge in [-0.05, 0) is 53.9 Å². The molecule has 152 valence electrons. The van der Waals surface area contributed by atoms with Crippen molar-refractivity contribution in [2.24, 2.45) is 4.99 Å². The third kappa shape index (κ3) is 5.47. The summed E-state index contributed by atoms with van der Waals surface area (Å²) in [5.74, 6) is 1.71. The van der Waals surface area contributed by atoms with E-state index < -0.39 is 0 Å². The van der Waals surface area contributed by atoms with Crippen molar-refractivity contribution in [3.63, 3.8) is 0 Å². The molecule has 1 aliphatic rings. The van der Waals surface area contributed by atoms with Crippen LogP contribution in [0.3, 0.4) is 0 Å². The molecule has 0 spiro atoms. The first-order chi connectivity index (χ1) is 14.8. The zero-order valence-electron chi connectivity index (χ0n) is 16.8. The van der Waals surface area contributed by atoms with Gasteiger partial charge in [-0.2, -0.15) is 0 Å². The molecule has 3 aromatic rings. The smallest absolute Gasteiger partial charge is 0.195 e. The number of hydrogen-bond acceptors (Lipinski definition) is 5. The Morgan fingerprint density at radius 3 is 2.40 bits per heavy atom. The van der Waals surface area contributed by atoms with E-state index in [1.54, 1.807) is 0 Å². The van der Waals surface area contributed by atoms with Gasteiger partial charge in [-0.25, -0.2) is 0 Å². The molecule has 30 heavy (non-hydrogen) atoms. The number of rotatable bonds is 8. The molecular formula is C25H25N3O2. The predicted molar refractivity (Wildman–Crippen MR) is 120 cm³/mol. The topological polar surface area (TPSA) is 62.7 Å². The molecular weight excluding hydrogens is 374 g/mol. The van der Waals surface area contributed by atoms with Crippen molar-refractivity contribution in [2.75, 3.05) is 18.4 Å². The molecule has 0 aromatic heterocycles. The number of carbonyl (C=O) groups is 1. The molecule has 5 heteroatoms. The normalized spacial score (nSPS) is 12.7. The Morgan fingerprint density at radius 2 is 1.70 bits per heavy atom. The number of carbonyl (C=O) groups excluding carboxylic acids is 1. The zero-order valence-corrected chi connectivity index (χ0v) is 16.8. The fraction of sp³-hybridized carbons (Fsp3) is 0.200.